The summed E-state index contributed by atoms with van der Waals surface area (Å²) in [5.41, 5.74) is 0.793. The quantitative estimate of drug-likeness (QED) is 0.839. The summed E-state index contributed by atoms with van der Waals surface area (Å²) in [6.07, 6.45) is 0.667. The van der Waals surface area contributed by atoms with E-state index in [4.69, 9.17) is 9.47 Å². The first-order valence-corrected chi connectivity index (χ1v) is 6.68. The molecule has 0 aliphatic carbocycles. The van der Waals surface area contributed by atoms with Crippen LogP contribution in [-0.4, -0.2) is 41.9 Å². The van der Waals surface area contributed by atoms with Crippen molar-refractivity contribution in [2.24, 2.45) is 0 Å². The van der Waals surface area contributed by atoms with Crippen LogP contribution in [0.2, 0.25) is 0 Å². The largest absolute Gasteiger partial charge is 0.493 e. The lowest BCUT2D eigenvalue weighted by molar-refractivity contribution is -0.128. The van der Waals surface area contributed by atoms with E-state index < -0.39 is 18.0 Å². The number of ether oxygens (including phenoxy) is 2. The van der Waals surface area contributed by atoms with Crippen molar-refractivity contribution in [2.45, 2.75) is 13.0 Å². The Morgan fingerprint density at radius 1 is 1.27 bits per heavy atom. The molecule has 0 aliphatic rings. The van der Waals surface area contributed by atoms with Crippen LogP contribution in [-0.2, 0) is 9.53 Å². The maximum absolute atomic E-state index is 12.1. The van der Waals surface area contributed by atoms with E-state index in [1.807, 2.05) is 30.3 Å². The molecule has 1 atom stereocenters. The summed E-state index contributed by atoms with van der Waals surface area (Å²) < 4.78 is 11.7. The number of methoxy groups -OCH3 is 1. The third-order valence-corrected chi connectivity index (χ3v) is 3.01. The van der Waals surface area contributed by atoms with Crippen LogP contribution < -0.4 is 10.1 Å². The van der Waals surface area contributed by atoms with E-state index in [0.717, 1.165) is 5.69 Å². The highest BCUT2D eigenvalue weighted by molar-refractivity contribution is 5.92. The average Bonchev–Trinajstić information content (AvgIpc) is 2.99. The number of para-hydroxylation sites is 1. The molecular weight excluding hydrogens is 286 g/mol. The van der Waals surface area contributed by atoms with E-state index in [0.29, 0.717) is 0 Å². The fourth-order valence-electron chi connectivity index (χ4n) is 1.84. The van der Waals surface area contributed by atoms with Gasteiger partial charge >= 0.3 is 5.97 Å². The Balaban J connectivity index is 2.25. The minimum Gasteiger partial charge on any atom is -0.493 e. The monoisotopic (exact) mass is 303 g/mol. The van der Waals surface area contributed by atoms with Crippen LogP contribution >= 0.6 is 0 Å². The van der Waals surface area contributed by atoms with Gasteiger partial charge in [0.15, 0.2) is 11.9 Å². The first kappa shape index (κ1) is 15.6. The summed E-state index contributed by atoms with van der Waals surface area (Å²) in [4.78, 5) is 23.6. The van der Waals surface area contributed by atoms with Crippen molar-refractivity contribution in [3.05, 3.63) is 42.2 Å². The lowest BCUT2D eigenvalue weighted by Crippen LogP contribution is -2.33. The zero-order valence-electron chi connectivity index (χ0n) is 12.6. The summed E-state index contributed by atoms with van der Waals surface area (Å²) in [7, 11) is 2.91. The maximum Gasteiger partial charge on any atom is 0.363 e. The standard InChI is InChI=1S/C15H17N3O4/c1-10(14(19)16-2)22-15(20)13-12(21-3)9-18(17-13)11-7-5-4-6-8-11/h4-10H,1-3H3,(H,16,19)/t10-/m1/s1. The number of aromatic nitrogens is 2. The van der Waals surface area contributed by atoms with E-state index >= 15 is 0 Å². The number of amides is 1. The Bertz CT molecular complexity index is 667. The number of likely N-dealkylation sites (N-methyl/N-ethyl adjacent to an activating group) is 1. The second-order valence-corrected chi connectivity index (χ2v) is 4.49. The van der Waals surface area contributed by atoms with Crippen LogP contribution in [0.15, 0.2) is 36.5 Å². The van der Waals surface area contributed by atoms with Gasteiger partial charge in [-0.25, -0.2) is 9.48 Å². The zero-order chi connectivity index (χ0) is 16.1. The van der Waals surface area contributed by atoms with Crippen molar-refractivity contribution < 1.29 is 19.1 Å². The lowest BCUT2D eigenvalue weighted by atomic mass is 10.3. The molecule has 0 aliphatic heterocycles. The predicted molar refractivity (Wildman–Crippen MR) is 79.1 cm³/mol. The van der Waals surface area contributed by atoms with Crippen LogP contribution in [0.25, 0.3) is 5.69 Å². The summed E-state index contributed by atoms with van der Waals surface area (Å²) in [6.45, 7) is 1.48. The average molecular weight is 303 g/mol. The van der Waals surface area contributed by atoms with Crippen LogP contribution in [0.5, 0.6) is 5.75 Å². The Morgan fingerprint density at radius 2 is 1.95 bits per heavy atom. The van der Waals surface area contributed by atoms with Crippen LogP contribution in [0, 0.1) is 0 Å². The molecule has 1 amide bonds. The molecule has 1 aromatic carbocycles. The fraction of sp³-hybridized carbons (Fsp3) is 0.267. The molecule has 1 heterocycles. The van der Waals surface area contributed by atoms with Gasteiger partial charge in [-0.3, -0.25) is 4.79 Å². The number of rotatable bonds is 5. The third kappa shape index (κ3) is 3.25. The second-order valence-electron chi connectivity index (χ2n) is 4.49. The highest BCUT2D eigenvalue weighted by atomic mass is 16.5. The van der Waals surface area contributed by atoms with Crippen molar-refractivity contribution in [1.29, 1.82) is 0 Å². The normalized spacial score (nSPS) is 11.6. The maximum atomic E-state index is 12.1. The first-order valence-electron chi connectivity index (χ1n) is 6.68. The predicted octanol–water partition coefficient (Wildman–Crippen LogP) is 1.17. The molecule has 2 rings (SSSR count). The van der Waals surface area contributed by atoms with Crippen molar-refractivity contribution in [2.75, 3.05) is 14.2 Å². The third-order valence-electron chi connectivity index (χ3n) is 3.01. The minimum atomic E-state index is -0.913. The van der Waals surface area contributed by atoms with Gasteiger partial charge in [0.1, 0.15) is 0 Å². The fourth-order valence-corrected chi connectivity index (χ4v) is 1.84. The van der Waals surface area contributed by atoms with Gasteiger partial charge in [-0.2, -0.15) is 5.10 Å². The Morgan fingerprint density at radius 3 is 2.55 bits per heavy atom. The molecule has 7 heteroatoms. The van der Waals surface area contributed by atoms with E-state index in [9.17, 15) is 9.59 Å². The molecule has 1 N–H and O–H groups in total. The topological polar surface area (TPSA) is 82.5 Å². The van der Waals surface area contributed by atoms with Crippen molar-refractivity contribution in [3.63, 3.8) is 0 Å². The van der Waals surface area contributed by atoms with E-state index in [-0.39, 0.29) is 11.4 Å². The molecule has 22 heavy (non-hydrogen) atoms. The van der Waals surface area contributed by atoms with Crippen LogP contribution in [0.4, 0.5) is 0 Å². The molecular formula is C15H17N3O4. The number of esters is 1. The van der Waals surface area contributed by atoms with Gasteiger partial charge in [-0.05, 0) is 19.1 Å². The number of carbonyl (C=O) groups excluding carboxylic acids is 2. The molecule has 7 nitrogen and oxygen atoms in total. The van der Waals surface area contributed by atoms with E-state index in [2.05, 4.69) is 10.4 Å². The van der Waals surface area contributed by atoms with Crippen molar-refractivity contribution in [3.8, 4) is 11.4 Å². The molecule has 0 radical (unpaired) electrons. The van der Waals surface area contributed by atoms with E-state index in [1.165, 1.54) is 25.8 Å². The lowest BCUT2D eigenvalue weighted by Gasteiger charge is -2.10. The summed E-state index contributed by atoms with van der Waals surface area (Å²) in [5, 5.41) is 6.58. The van der Waals surface area contributed by atoms with Crippen molar-refractivity contribution >= 4 is 11.9 Å². The number of nitrogens with one attached hydrogen (secondary N) is 1. The molecule has 0 saturated heterocycles. The molecule has 0 saturated carbocycles. The van der Waals surface area contributed by atoms with Crippen LogP contribution in [0.3, 0.4) is 0 Å². The number of nitrogens with zero attached hydrogens (tertiary/aromatic N) is 2. The molecule has 2 aromatic rings. The van der Waals surface area contributed by atoms with Crippen LogP contribution in [0.1, 0.15) is 17.4 Å². The van der Waals surface area contributed by atoms with Crippen molar-refractivity contribution in [1.82, 2.24) is 15.1 Å². The van der Waals surface area contributed by atoms with Gasteiger partial charge in [-0.15, -0.1) is 0 Å². The summed E-state index contributed by atoms with van der Waals surface area (Å²) >= 11 is 0. The molecule has 116 valence electrons. The first-order chi connectivity index (χ1) is 10.6. The second kappa shape index (κ2) is 6.75. The van der Waals surface area contributed by atoms with Gasteiger partial charge < -0.3 is 14.8 Å². The number of carbonyl (C=O) groups is 2. The zero-order valence-corrected chi connectivity index (χ0v) is 12.6. The van der Waals surface area contributed by atoms with Gasteiger partial charge in [0.25, 0.3) is 5.91 Å². The number of hydrogen-bond donors (Lipinski definition) is 1. The molecule has 0 fully saturated rings. The highest BCUT2D eigenvalue weighted by Gasteiger charge is 2.24. The van der Waals surface area contributed by atoms with Gasteiger partial charge in [0.2, 0.25) is 5.69 Å². The molecule has 1 aromatic heterocycles. The number of hydrogen-bond acceptors (Lipinski definition) is 5. The Hall–Kier alpha value is -2.83. The Labute approximate surface area is 127 Å². The summed E-state index contributed by atoms with van der Waals surface area (Å²) in [5.74, 6) is -0.838. The molecule has 0 spiro atoms. The molecule has 0 unspecified atom stereocenters. The highest BCUT2D eigenvalue weighted by Crippen LogP contribution is 2.20. The van der Waals surface area contributed by atoms with Gasteiger partial charge in [0, 0.05) is 7.05 Å². The van der Waals surface area contributed by atoms with Gasteiger partial charge in [-0.1, -0.05) is 18.2 Å². The van der Waals surface area contributed by atoms with Gasteiger partial charge in [0.05, 0.1) is 19.0 Å². The summed E-state index contributed by atoms with van der Waals surface area (Å²) in [6, 6.07) is 9.28. The smallest absolute Gasteiger partial charge is 0.363 e. The minimum absolute atomic E-state index is 0.0158. The number of benzene rings is 1. The SMILES string of the molecule is CNC(=O)[C@@H](C)OC(=O)c1nn(-c2ccccc2)cc1OC. The van der Waals surface area contributed by atoms with E-state index in [1.54, 1.807) is 6.20 Å². The Kier molecular flexibility index (Phi) is 4.77. The molecule has 0 bridgehead atoms.